The SMILES string of the molecule is C[C@H](NC(=O)[C@H](N)CCc1cccc(C(F)(F)F)c1)C(=O)NCc1ccc2c(N)nccc2c1. The smallest absolute Gasteiger partial charge is 0.383 e. The highest BCUT2D eigenvalue weighted by Gasteiger charge is 2.30. The maximum absolute atomic E-state index is 12.8. The molecule has 180 valence electrons. The summed E-state index contributed by atoms with van der Waals surface area (Å²) < 4.78 is 38.5. The molecule has 0 saturated carbocycles. The number of amides is 2. The van der Waals surface area contributed by atoms with Crippen LogP contribution in [-0.2, 0) is 28.7 Å². The Hall–Kier alpha value is -3.66. The van der Waals surface area contributed by atoms with E-state index in [0.29, 0.717) is 11.4 Å². The van der Waals surface area contributed by atoms with E-state index >= 15 is 0 Å². The maximum Gasteiger partial charge on any atom is 0.416 e. The highest BCUT2D eigenvalue weighted by molar-refractivity contribution is 5.91. The summed E-state index contributed by atoms with van der Waals surface area (Å²) >= 11 is 0. The number of nitrogens with one attached hydrogen (secondary N) is 2. The Labute approximate surface area is 194 Å². The zero-order valence-electron chi connectivity index (χ0n) is 18.5. The summed E-state index contributed by atoms with van der Waals surface area (Å²) in [5.41, 5.74) is 12.3. The zero-order valence-corrected chi connectivity index (χ0v) is 18.5. The average Bonchev–Trinajstić information content (AvgIpc) is 2.80. The van der Waals surface area contributed by atoms with E-state index in [0.717, 1.165) is 28.5 Å². The van der Waals surface area contributed by atoms with Crippen molar-refractivity contribution in [3.8, 4) is 0 Å². The number of rotatable bonds is 8. The lowest BCUT2D eigenvalue weighted by Gasteiger charge is -2.18. The quantitative estimate of drug-likeness (QED) is 0.401. The largest absolute Gasteiger partial charge is 0.416 e. The van der Waals surface area contributed by atoms with Crippen LogP contribution >= 0.6 is 0 Å². The summed E-state index contributed by atoms with van der Waals surface area (Å²) in [5.74, 6) is -0.523. The molecule has 1 aromatic heterocycles. The Balaban J connectivity index is 1.48. The number of nitrogens with two attached hydrogens (primary N) is 2. The number of fused-ring (bicyclic) bond motifs is 1. The standard InChI is InChI=1S/C24H26F3N5O2/c1-14(22(33)31-13-16-5-7-19-17(11-16)9-10-30-21(19)29)32-23(34)20(28)8-6-15-3-2-4-18(12-15)24(25,26)27/h2-5,7,9-12,14,20H,6,8,13,28H2,1H3,(H2,29,30)(H,31,33)(H,32,34)/t14-,20+/m0/s1. The number of anilines is 1. The fourth-order valence-corrected chi connectivity index (χ4v) is 3.45. The van der Waals surface area contributed by atoms with Crippen LogP contribution in [0.1, 0.15) is 30.0 Å². The predicted octanol–water partition coefficient (Wildman–Crippen LogP) is 2.92. The summed E-state index contributed by atoms with van der Waals surface area (Å²) in [7, 11) is 0. The number of carbonyl (C=O) groups excluding carboxylic acids is 2. The molecule has 7 nitrogen and oxygen atoms in total. The third-order valence-corrected chi connectivity index (χ3v) is 5.41. The molecule has 0 radical (unpaired) electrons. The van der Waals surface area contributed by atoms with Crippen LogP contribution in [0.2, 0.25) is 0 Å². The van der Waals surface area contributed by atoms with E-state index in [1.165, 1.54) is 13.0 Å². The number of aromatic nitrogens is 1. The van der Waals surface area contributed by atoms with Gasteiger partial charge in [0.1, 0.15) is 11.9 Å². The van der Waals surface area contributed by atoms with Crippen molar-refractivity contribution in [2.24, 2.45) is 5.73 Å². The second-order valence-corrected chi connectivity index (χ2v) is 8.04. The van der Waals surface area contributed by atoms with Crippen LogP contribution in [0.3, 0.4) is 0 Å². The van der Waals surface area contributed by atoms with Crippen LogP contribution in [0.25, 0.3) is 10.8 Å². The van der Waals surface area contributed by atoms with Gasteiger partial charge in [0.2, 0.25) is 11.8 Å². The number of pyridine rings is 1. The van der Waals surface area contributed by atoms with Crippen molar-refractivity contribution in [3.05, 3.63) is 71.4 Å². The number of carbonyl (C=O) groups is 2. The number of nitrogens with zero attached hydrogens (tertiary/aromatic N) is 1. The minimum atomic E-state index is -4.43. The molecule has 2 amide bonds. The van der Waals surface area contributed by atoms with Crippen LogP contribution < -0.4 is 22.1 Å². The van der Waals surface area contributed by atoms with Crippen molar-refractivity contribution >= 4 is 28.4 Å². The number of nitrogen functional groups attached to an aromatic ring is 1. The summed E-state index contributed by atoms with van der Waals surface area (Å²) in [6.45, 7) is 1.78. The van der Waals surface area contributed by atoms with Gasteiger partial charge in [-0.15, -0.1) is 0 Å². The molecular formula is C24H26F3N5O2. The molecule has 0 spiro atoms. The van der Waals surface area contributed by atoms with E-state index in [1.807, 2.05) is 24.3 Å². The van der Waals surface area contributed by atoms with E-state index in [1.54, 1.807) is 12.3 Å². The molecule has 0 aliphatic carbocycles. The van der Waals surface area contributed by atoms with Gasteiger partial charge in [0, 0.05) is 18.1 Å². The first kappa shape index (κ1) is 25.0. The molecule has 10 heteroatoms. The van der Waals surface area contributed by atoms with Crippen LogP contribution in [-0.4, -0.2) is 28.9 Å². The van der Waals surface area contributed by atoms with Gasteiger partial charge in [0.05, 0.1) is 11.6 Å². The van der Waals surface area contributed by atoms with Crippen LogP contribution in [0.5, 0.6) is 0 Å². The first-order valence-corrected chi connectivity index (χ1v) is 10.7. The summed E-state index contributed by atoms with van der Waals surface area (Å²) in [6, 6.07) is 10.4. The molecule has 6 N–H and O–H groups in total. The normalized spacial score (nSPS) is 13.3. The predicted molar refractivity (Wildman–Crippen MR) is 123 cm³/mol. The number of benzene rings is 2. The van der Waals surface area contributed by atoms with E-state index in [2.05, 4.69) is 15.6 Å². The van der Waals surface area contributed by atoms with Crippen molar-refractivity contribution in [2.75, 3.05) is 5.73 Å². The number of hydrogen-bond donors (Lipinski definition) is 4. The lowest BCUT2D eigenvalue weighted by atomic mass is 10.0. The summed E-state index contributed by atoms with van der Waals surface area (Å²) in [4.78, 5) is 28.8. The van der Waals surface area contributed by atoms with Crippen molar-refractivity contribution < 1.29 is 22.8 Å². The Bertz CT molecular complexity index is 1180. The fraction of sp³-hybridized carbons (Fsp3) is 0.292. The minimum Gasteiger partial charge on any atom is -0.383 e. The van der Waals surface area contributed by atoms with Gasteiger partial charge >= 0.3 is 6.18 Å². The summed E-state index contributed by atoms with van der Waals surface area (Å²) in [5, 5.41) is 7.01. The number of aryl methyl sites for hydroxylation is 1. The van der Waals surface area contributed by atoms with Crippen LogP contribution in [0, 0.1) is 0 Å². The van der Waals surface area contributed by atoms with E-state index in [4.69, 9.17) is 11.5 Å². The highest BCUT2D eigenvalue weighted by atomic mass is 19.4. The lowest BCUT2D eigenvalue weighted by molar-refractivity contribution is -0.137. The van der Waals surface area contributed by atoms with Crippen molar-refractivity contribution in [3.63, 3.8) is 0 Å². The van der Waals surface area contributed by atoms with Gasteiger partial charge < -0.3 is 22.1 Å². The van der Waals surface area contributed by atoms with Gasteiger partial charge in [-0.25, -0.2) is 4.98 Å². The highest BCUT2D eigenvalue weighted by Crippen LogP contribution is 2.29. The third kappa shape index (κ3) is 6.44. The van der Waals surface area contributed by atoms with Gasteiger partial charge in [-0.2, -0.15) is 13.2 Å². The molecule has 0 bridgehead atoms. The third-order valence-electron chi connectivity index (χ3n) is 5.41. The second-order valence-electron chi connectivity index (χ2n) is 8.04. The van der Waals surface area contributed by atoms with Gasteiger partial charge in [-0.05, 0) is 54.5 Å². The zero-order chi connectivity index (χ0) is 24.9. The minimum absolute atomic E-state index is 0.135. The molecular weight excluding hydrogens is 447 g/mol. The summed E-state index contributed by atoms with van der Waals surface area (Å²) in [6.07, 6.45) is -2.50. The molecule has 0 fully saturated rings. The molecule has 2 aromatic carbocycles. The molecule has 3 rings (SSSR count). The molecule has 3 aromatic rings. The fourth-order valence-electron chi connectivity index (χ4n) is 3.45. The lowest BCUT2D eigenvalue weighted by Crippen LogP contribution is -2.50. The van der Waals surface area contributed by atoms with Crippen molar-refractivity contribution in [2.45, 2.75) is 44.6 Å². The van der Waals surface area contributed by atoms with E-state index < -0.39 is 35.6 Å². The molecule has 0 saturated heterocycles. The Morgan fingerprint density at radius 2 is 1.82 bits per heavy atom. The average molecular weight is 473 g/mol. The van der Waals surface area contributed by atoms with Gasteiger partial charge in [0.15, 0.2) is 0 Å². The van der Waals surface area contributed by atoms with Crippen LogP contribution in [0.15, 0.2) is 54.7 Å². The van der Waals surface area contributed by atoms with Crippen molar-refractivity contribution in [1.29, 1.82) is 0 Å². The Kier molecular flexibility index (Phi) is 7.72. The monoisotopic (exact) mass is 473 g/mol. The van der Waals surface area contributed by atoms with Crippen LogP contribution in [0.4, 0.5) is 19.0 Å². The molecule has 0 aliphatic rings. The van der Waals surface area contributed by atoms with E-state index in [-0.39, 0.29) is 19.4 Å². The molecule has 0 unspecified atom stereocenters. The molecule has 2 atom stereocenters. The number of alkyl halides is 3. The Morgan fingerprint density at radius 1 is 1.06 bits per heavy atom. The number of halogens is 3. The maximum atomic E-state index is 12.8. The topological polar surface area (TPSA) is 123 Å². The van der Waals surface area contributed by atoms with E-state index in [9.17, 15) is 22.8 Å². The second kappa shape index (κ2) is 10.5. The first-order chi connectivity index (χ1) is 16.0. The Morgan fingerprint density at radius 3 is 2.56 bits per heavy atom. The van der Waals surface area contributed by atoms with Gasteiger partial charge in [0.25, 0.3) is 0 Å². The molecule has 1 heterocycles. The first-order valence-electron chi connectivity index (χ1n) is 10.7. The number of hydrogen-bond acceptors (Lipinski definition) is 5. The van der Waals surface area contributed by atoms with Gasteiger partial charge in [-0.3, -0.25) is 9.59 Å². The van der Waals surface area contributed by atoms with Gasteiger partial charge in [-0.1, -0.05) is 30.3 Å². The van der Waals surface area contributed by atoms with Crippen molar-refractivity contribution in [1.82, 2.24) is 15.6 Å². The molecule has 0 aliphatic heterocycles. The molecule has 34 heavy (non-hydrogen) atoms.